The smallest absolute Gasteiger partial charge is 0.261 e. The summed E-state index contributed by atoms with van der Waals surface area (Å²) in [7, 11) is 1.82. The first-order valence-electron chi connectivity index (χ1n) is 7.43. The maximum atomic E-state index is 12.9. The van der Waals surface area contributed by atoms with Crippen molar-refractivity contribution in [3.8, 4) is 0 Å². The van der Waals surface area contributed by atoms with E-state index in [0.717, 1.165) is 11.1 Å². The summed E-state index contributed by atoms with van der Waals surface area (Å²) in [5, 5.41) is 4.12. The molecule has 1 aliphatic heterocycles. The molecule has 0 N–H and O–H groups in total. The third kappa shape index (κ3) is 3.29. The summed E-state index contributed by atoms with van der Waals surface area (Å²) in [4.78, 5) is 26.2. The van der Waals surface area contributed by atoms with E-state index < -0.39 is 0 Å². The number of imide groups is 1. The number of amides is 2. The fraction of sp³-hybridized carbons (Fsp3) is 0.167. The average Bonchev–Trinajstić information content (AvgIpc) is 2.98. The van der Waals surface area contributed by atoms with Gasteiger partial charge in [0.05, 0.1) is 6.20 Å². The topological polar surface area (TPSA) is 55.2 Å². The second kappa shape index (κ2) is 6.44. The van der Waals surface area contributed by atoms with E-state index in [9.17, 15) is 9.59 Å². The summed E-state index contributed by atoms with van der Waals surface area (Å²) < 4.78 is 1.67. The molecule has 0 radical (unpaired) electrons. The number of rotatable bonds is 3. The van der Waals surface area contributed by atoms with Crippen molar-refractivity contribution in [2.45, 2.75) is 6.42 Å². The van der Waals surface area contributed by atoms with Gasteiger partial charge in [-0.15, -0.1) is 0 Å². The van der Waals surface area contributed by atoms with Crippen LogP contribution in [0.3, 0.4) is 0 Å². The second-order valence-corrected chi connectivity index (χ2v) is 5.36. The number of hydrogen-bond donors (Lipinski definition) is 0. The molecule has 2 heterocycles. The maximum absolute atomic E-state index is 12.9. The molecule has 0 bridgehead atoms. The number of carbonyl (C=O) groups excluding carboxylic acids is 2. The number of benzene rings is 1. The van der Waals surface area contributed by atoms with E-state index >= 15 is 0 Å². The largest absolute Gasteiger partial charge is 0.275 e. The Kier molecular flexibility index (Phi) is 4.19. The SMILES string of the molecule is Cn1cc(C=C(C(=O)N2CCC=CC2=O)c2ccccc2)cn1. The second-order valence-electron chi connectivity index (χ2n) is 5.36. The van der Waals surface area contributed by atoms with Crippen molar-refractivity contribution in [2.24, 2.45) is 7.05 Å². The maximum Gasteiger partial charge on any atom is 0.261 e. The zero-order valence-electron chi connectivity index (χ0n) is 12.8. The molecule has 0 aliphatic carbocycles. The van der Waals surface area contributed by atoms with Gasteiger partial charge < -0.3 is 0 Å². The van der Waals surface area contributed by atoms with Crippen LogP contribution in [0.1, 0.15) is 17.5 Å². The van der Waals surface area contributed by atoms with E-state index in [0.29, 0.717) is 18.5 Å². The molecule has 0 atom stereocenters. The number of carbonyl (C=O) groups is 2. The molecule has 0 fully saturated rings. The summed E-state index contributed by atoms with van der Waals surface area (Å²) in [6, 6.07) is 9.37. The Labute approximate surface area is 134 Å². The molecule has 1 aromatic heterocycles. The van der Waals surface area contributed by atoms with Gasteiger partial charge in [-0.05, 0) is 24.1 Å². The van der Waals surface area contributed by atoms with Gasteiger partial charge in [-0.2, -0.15) is 5.10 Å². The van der Waals surface area contributed by atoms with Crippen LogP contribution in [0.4, 0.5) is 0 Å². The zero-order chi connectivity index (χ0) is 16.2. The fourth-order valence-electron chi connectivity index (χ4n) is 2.50. The summed E-state index contributed by atoms with van der Waals surface area (Å²) in [6.45, 7) is 0.408. The van der Waals surface area contributed by atoms with E-state index in [1.54, 1.807) is 23.0 Å². The molecule has 3 rings (SSSR count). The molecule has 5 nitrogen and oxygen atoms in total. The third-order valence-electron chi connectivity index (χ3n) is 3.64. The highest BCUT2D eigenvalue weighted by Crippen LogP contribution is 2.22. The van der Waals surface area contributed by atoms with Crippen LogP contribution in [0, 0.1) is 0 Å². The Bertz CT molecular complexity index is 788. The minimum atomic E-state index is -0.283. The van der Waals surface area contributed by atoms with Crippen LogP contribution in [0.5, 0.6) is 0 Å². The Hall–Kier alpha value is -2.95. The lowest BCUT2D eigenvalue weighted by atomic mass is 10.0. The van der Waals surface area contributed by atoms with Crippen molar-refractivity contribution in [3.63, 3.8) is 0 Å². The molecule has 0 saturated carbocycles. The number of nitrogens with zero attached hydrogens (tertiary/aromatic N) is 3. The molecule has 5 heteroatoms. The van der Waals surface area contributed by atoms with Gasteiger partial charge in [0.1, 0.15) is 0 Å². The lowest BCUT2D eigenvalue weighted by molar-refractivity contribution is -0.138. The molecule has 23 heavy (non-hydrogen) atoms. The van der Waals surface area contributed by atoms with Gasteiger partial charge >= 0.3 is 0 Å². The molecule has 116 valence electrons. The molecule has 1 aromatic carbocycles. The van der Waals surface area contributed by atoms with Crippen molar-refractivity contribution in [1.82, 2.24) is 14.7 Å². The molecule has 1 aliphatic rings. The first kappa shape index (κ1) is 15.0. The van der Waals surface area contributed by atoms with E-state index in [2.05, 4.69) is 5.10 Å². The van der Waals surface area contributed by atoms with Crippen LogP contribution >= 0.6 is 0 Å². The molecule has 2 aromatic rings. The molecule has 0 unspecified atom stereocenters. The predicted molar refractivity (Wildman–Crippen MR) is 88.0 cm³/mol. The summed E-state index contributed by atoms with van der Waals surface area (Å²) in [5.41, 5.74) is 2.09. The van der Waals surface area contributed by atoms with Crippen molar-refractivity contribution in [1.29, 1.82) is 0 Å². The lowest BCUT2D eigenvalue weighted by Crippen LogP contribution is -2.38. The Morgan fingerprint density at radius 3 is 2.70 bits per heavy atom. The Morgan fingerprint density at radius 1 is 1.26 bits per heavy atom. The Balaban J connectivity index is 2.01. The molecule has 2 amide bonds. The first-order chi connectivity index (χ1) is 11.1. The predicted octanol–water partition coefficient (Wildman–Crippen LogP) is 2.28. The summed E-state index contributed by atoms with van der Waals surface area (Å²) in [5.74, 6) is -0.552. The van der Waals surface area contributed by atoms with Crippen molar-refractivity contribution < 1.29 is 9.59 Å². The number of aryl methyl sites for hydroxylation is 1. The van der Waals surface area contributed by atoms with Crippen molar-refractivity contribution in [2.75, 3.05) is 6.54 Å². The molecule has 0 spiro atoms. The average molecular weight is 307 g/mol. The molecule has 0 saturated heterocycles. The normalized spacial score (nSPS) is 15.1. The first-order valence-corrected chi connectivity index (χ1v) is 7.43. The van der Waals surface area contributed by atoms with Gasteiger partial charge in [-0.25, -0.2) is 0 Å². The standard InChI is InChI=1S/C18H17N3O2/c1-20-13-14(12-19-20)11-16(15-7-3-2-4-8-15)18(23)21-10-6-5-9-17(21)22/h2-5,7-9,11-13H,6,10H2,1H3. The van der Waals surface area contributed by atoms with Crippen LogP contribution in [0.15, 0.2) is 54.9 Å². The molecular weight excluding hydrogens is 290 g/mol. The van der Waals surface area contributed by atoms with Crippen molar-refractivity contribution >= 4 is 23.5 Å². The highest BCUT2D eigenvalue weighted by molar-refractivity contribution is 6.28. The zero-order valence-corrected chi connectivity index (χ0v) is 12.8. The summed E-state index contributed by atoms with van der Waals surface area (Å²) in [6.07, 6.45) is 9.22. The number of aromatic nitrogens is 2. The molecular formula is C18H17N3O2. The van der Waals surface area contributed by atoms with Crippen LogP contribution in [-0.2, 0) is 16.6 Å². The van der Waals surface area contributed by atoms with Gasteiger partial charge in [0.2, 0.25) is 0 Å². The van der Waals surface area contributed by atoms with Gasteiger partial charge in [0, 0.05) is 30.9 Å². The highest BCUT2D eigenvalue weighted by atomic mass is 16.2. The highest BCUT2D eigenvalue weighted by Gasteiger charge is 2.25. The fourth-order valence-corrected chi connectivity index (χ4v) is 2.50. The van der Waals surface area contributed by atoms with E-state index in [-0.39, 0.29) is 11.8 Å². The number of hydrogen-bond acceptors (Lipinski definition) is 3. The summed E-state index contributed by atoms with van der Waals surface area (Å²) >= 11 is 0. The van der Waals surface area contributed by atoms with E-state index in [1.807, 2.05) is 43.6 Å². The third-order valence-corrected chi connectivity index (χ3v) is 3.64. The van der Waals surface area contributed by atoms with E-state index in [1.165, 1.54) is 11.0 Å². The van der Waals surface area contributed by atoms with Gasteiger partial charge in [-0.1, -0.05) is 36.4 Å². The van der Waals surface area contributed by atoms with Crippen LogP contribution < -0.4 is 0 Å². The van der Waals surface area contributed by atoms with Gasteiger partial charge in [-0.3, -0.25) is 19.2 Å². The Morgan fingerprint density at radius 2 is 2.04 bits per heavy atom. The van der Waals surface area contributed by atoms with E-state index in [4.69, 9.17) is 0 Å². The monoisotopic (exact) mass is 307 g/mol. The van der Waals surface area contributed by atoms with Crippen LogP contribution in [0.25, 0.3) is 11.6 Å². The lowest BCUT2D eigenvalue weighted by Gasteiger charge is -2.23. The van der Waals surface area contributed by atoms with Crippen molar-refractivity contribution in [3.05, 3.63) is 66.0 Å². The minimum Gasteiger partial charge on any atom is -0.275 e. The van der Waals surface area contributed by atoms with Gasteiger partial charge in [0.25, 0.3) is 11.8 Å². The van der Waals surface area contributed by atoms with Gasteiger partial charge in [0.15, 0.2) is 0 Å². The minimum absolute atomic E-state index is 0.269. The van der Waals surface area contributed by atoms with Crippen LogP contribution in [-0.4, -0.2) is 33.0 Å². The van der Waals surface area contributed by atoms with Crippen LogP contribution in [0.2, 0.25) is 0 Å². The quantitative estimate of drug-likeness (QED) is 0.817.